The Morgan fingerprint density at radius 2 is 1.76 bits per heavy atom. The Bertz CT molecular complexity index is 585. The van der Waals surface area contributed by atoms with Crippen molar-refractivity contribution >= 4 is 11.6 Å². The predicted molar refractivity (Wildman–Crippen MR) is 88.4 cm³/mol. The largest absolute Gasteiger partial charge is 0.367 e. The number of ether oxygens (including phenoxy) is 1. The molecule has 21 heavy (non-hydrogen) atoms. The maximum Gasteiger partial charge on any atom is 0.0982 e. The first-order chi connectivity index (χ1) is 10.1. The van der Waals surface area contributed by atoms with E-state index in [1.165, 1.54) is 5.56 Å². The molecule has 0 saturated carbocycles. The van der Waals surface area contributed by atoms with Crippen molar-refractivity contribution in [3.63, 3.8) is 0 Å². The summed E-state index contributed by atoms with van der Waals surface area (Å²) in [5, 5.41) is 0.728. The van der Waals surface area contributed by atoms with Gasteiger partial charge < -0.3 is 10.5 Å². The topological polar surface area (TPSA) is 35.2 Å². The van der Waals surface area contributed by atoms with Gasteiger partial charge in [0.25, 0.3) is 0 Å². The van der Waals surface area contributed by atoms with Crippen molar-refractivity contribution in [2.24, 2.45) is 5.73 Å². The molecule has 0 aliphatic carbocycles. The molecule has 0 spiro atoms. The Morgan fingerprint density at radius 1 is 1.10 bits per heavy atom. The second-order valence-electron chi connectivity index (χ2n) is 5.25. The van der Waals surface area contributed by atoms with E-state index >= 15 is 0 Å². The highest BCUT2D eigenvalue weighted by Crippen LogP contribution is 2.27. The van der Waals surface area contributed by atoms with E-state index < -0.39 is 0 Å². The number of aryl methyl sites for hydroxylation is 1. The first-order valence-corrected chi connectivity index (χ1v) is 7.67. The molecule has 0 aromatic heterocycles. The minimum absolute atomic E-state index is 0.0337. The van der Waals surface area contributed by atoms with Crippen LogP contribution in [0.25, 0.3) is 0 Å². The van der Waals surface area contributed by atoms with Gasteiger partial charge in [0.2, 0.25) is 0 Å². The van der Waals surface area contributed by atoms with E-state index in [1.54, 1.807) is 0 Å². The van der Waals surface area contributed by atoms with Gasteiger partial charge in [-0.05, 0) is 36.1 Å². The molecule has 0 fully saturated rings. The summed E-state index contributed by atoms with van der Waals surface area (Å²) in [5.74, 6) is 0. The lowest BCUT2D eigenvalue weighted by Crippen LogP contribution is -2.30. The smallest absolute Gasteiger partial charge is 0.0982 e. The van der Waals surface area contributed by atoms with E-state index in [0.29, 0.717) is 6.61 Å². The van der Waals surface area contributed by atoms with Gasteiger partial charge in [-0.25, -0.2) is 0 Å². The predicted octanol–water partition coefficient (Wildman–Crippen LogP) is 4.64. The van der Waals surface area contributed by atoms with Crippen molar-refractivity contribution in [3.8, 4) is 0 Å². The Hall–Kier alpha value is -1.35. The minimum atomic E-state index is -0.118. The average Bonchev–Trinajstić information content (AvgIpc) is 2.50. The first-order valence-electron chi connectivity index (χ1n) is 7.29. The summed E-state index contributed by atoms with van der Waals surface area (Å²) in [5.41, 5.74) is 9.60. The van der Waals surface area contributed by atoms with Crippen LogP contribution in [0.15, 0.2) is 48.5 Å². The van der Waals surface area contributed by atoms with Crippen LogP contribution in [-0.2, 0) is 11.3 Å². The molecule has 2 rings (SSSR count). The summed E-state index contributed by atoms with van der Waals surface area (Å²) >= 11 is 6.19. The van der Waals surface area contributed by atoms with Crippen LogP contribution in [0.4, 0.5) is 0 Å². The third-order valence-electron chi connectivity index (χ3n) is 3.73. The van der Waals surface area contributed by atoms with E-state index in [4.69, 9.17) is 22.1 Å². The van der Waals surface area contributed by atoms with Crippen molar-refractivity contribution in [1.82, 2.24) is 0 Å². The summed E-state index contributed by atoms with van der Waals surface area (Å²) in [6, 6.07) is 15.9. The molecule has 3 heteroatoms. The third-order valence-corrected chi connectivity index (χ3v) is 4.10. The number of hydrogen-bond acceptors (Lipinski definition) is 2. The molecular weight excluding hydrogens is 282 g/mol. The minimum Gasteiger partial charge on any atom is -0.367 e. The SMILES string of the molecule is CCC(N)C(OCc1ccccc1Cl)c1ccccc1C. The first kappa shape index (κ1) is 16.0. The maximum absolute atomic E-state index is 6.26. The molecule has 0 saturated heterocycles. The fourth-order valence-corrected chi connectivity index (χ4v) is 2.55. The van der Waals surface area contributed by atoms with Crippen molar-refractivity contribution < 1.29 is 4.74 Å². The van der Waals surface area contributed by atoms with E-state index in [9.17, 15) is 0 Å². The second-order valence-corrected chi connectivity index (χ2v) is 5.66. The molecule has 0 bridgehead atoms. The number of rotatable bonds is 6. The van der Waals surface area contributed by atoms with Crippen molar-refractivity contribution in [1.29, 1.82) is 0 Å². The number of benzene rings is 2. The average molecular weight is 304 g/mol. The Morgan fingerprint density at radius 3 is 2.43 bits per heavy atom. The van der Waals surface area contributed by atoms with Crippen LogP contribution in [0.2, 0.25) is 5.02 Å². The number of hydrogen-bond donors (Lipinski definition) is 1. The van der Waals surface area contributed by atoms with E-state index in [2.05, 4.69) is 26.0 Å². The highest BCUT2D eigenvalue weighted by atomic mass is 35.5. The molecule has 112 valence electrons. The Balaban J connectivity index is 2.18. The zero-order valence-electron chi connectivity index (χ0n) is 12.6. The molecular formula is C18H22ClNO. The van der Waals surface area contributed by atoms with Gasteiger partial charge in [0.1, 0.15) is 0 Å². The zero-order valence-corrected chi connectivity index (χ0v) is 13.3. The van der Waals surface area contributed by atoms with Gasteiger partial charge >= 0.3 is 0 Å². The van der Waals surface area contributed by atoms with E-state index in [-0.39, 0.29) is 12.1 Å². The van der Waals surface area contributed by atoms with Crippen LogP contribution >= 0.6 is 11.6 Å². The summed E-state index contributed by atoms with van der Waals surface area (Å²) in [6.45, 7) is 4.63. The quantitative estimate of drug-likeness (QED) is 0.843. The van der Waals surface area contributed by atoms with Crippen LogP contribution in [-0.4, -0.2) is 6.04 Å². The molecule has 0 aliphatic heterocycles. The fraction of sp³-hybridized carbons (Fsp3) is 0.333. The van der Waals surface area contributed by atoms with Crippen molar-refractivity contribution in [2.45, 2.75) is 39.0 Å². The monoisotopic (exact) mass is 303 g/mol. The van der Waals surface area contributed by atoms with Gasteiger partial charge in [-0.15, -0.1) is 0 Å². The van der Waals surface area contributed by atoms with Crippen LogP contribution < -0.4 is 5.73 Å². The molecule has 2 aromatic carbocycles. The number of nitrogens with two attached hydrogens (primary N) is 1. The summed E-state index contributed by atoms with van der Waals surface area (Å²) in [6.07, 6.45) is 0.745. The lowest BCUT2D eigenvalue weighted by molar-refractivity contribution is 0.0209. The summed E-state index contributed by atoms with van der Waals surface area (Å²) < 4.78 is 6.12. The van der Waals surface area contributed by atoms with Gasteiger partial charge in [0.05, 0.1) is 12.7 Å². The molecule has 2 unspecified atom stereocenters. The lowest BCUT2D eigenvalue weighted by Gasteiger charge is -2.25. The normalized spacial score (nSPS) is 13.9. The van der Waals surface area contributed by atoms with Gasteiger partial charge in [-0.1, -0.05) is 61.0 Å². The summed E-state index contributed by atoms with van der Waals surface area (Å²) in [4.78, 5) is 0. The number of halogens is 1. The second kappa shape index (κ2) is 7.60. The highest BCUT2D eigenvalue weighted by Gasteiger charge is 2.21. The van der Waals surface area contributed by atoms with E-state index in [1.807, 2.05) is 36.4 Å². The van der Waals surface area contributed by atoms with Crippen LogP contribution in [0.3, 0.4) is 0 Å². The Kier molecular flexibility index (Phi) is 5.80. The molecule has 2 atom stereocenters. The summed E-state index contributed by atoms with van der Waals surface area (Å²) in [7, 11) is 0. The molecule has 0 radical (unpaired) electrons. The van der Waals surface area contributed by atoms with Gasteiger partial charge in [-0.3, -0.25) is 0 Å². The van der Waals surface area contributed by atoms with Crippen molar-refractivity contribution in [3.05, 3.63) is 70.2 Å². The standard InChI is InChI=1S/C18H22ClNO/c1-3-17(20)18(15-10-6-4-8-13(15)2)21-12-14-9-5-7-11-16(14)19/h4-11,17-18H,3,12,20H2,1-2H3. The lowest BCUT2D eigenvalue weighted by atomic mass is 9.97. The van der Waals surface area contributed by atoms with Crippen LogP contribution in [0, 0.1) is 6.92 Å². The van der Waals surface area contributed by atoms with Gasteiger partial charge in [0.15, 0.2) is 0 Å². The Labute approximate surface area is 131 Å². The maximum atomic E-state index is 6.26. The molecule has 0 aliphatic rings. The molecule has 2 aromatic rings. The fourth-order valence-electron chi connectivity index (χ4n) is 2.36. The van der Waals surface area contributed by atoms with Crippen LogP contribution in [0.1, 0.15) is 36.1 Å². The molecule has 2 nitrogen and oxygen atoms in total. The molecule has 0 heterocycles. The third kappa shape index (κ3) is 4.07. The zero-order chi connectivity index (χ0) is 15.2. The molecule has 2 N–H and O–H groups in total. The van der Waals surface area contributed by atoms with Crippen LogP contribution in [0.5, 0.6) is 0 Å². The van der Waals surface area contributed by atoms with Gasteiger partial charge in [0, 0.05) is 11.1 Å². The highest BCUT2D eigenvalue weighted by molar-refractivity contribution is 6.31. The van der Waals surface area contributed by atoms with Crippen molar-refractivity contribution in [2.75, 3.05) is 0 Å². The van der Waals surface area contributed by atoms with E-state index in [0.717, 1.165) is 22.6 Å². The molecule has 0 amide bonds. The van der Waals surface area contributed by atoms with Gasteiger partial charge in [-0.2, -0.15) is 0 Å².